The van der Waals surface area contributed by atoms with Crippen molar-refractivity contribution in [2.24, 2.45) is 0 Å². The van der Waals surface area contributed by atoms with Crippen LogP contribution in [0.25, 0.3) is 0 Å². The molecule has 0 aromatic heterocycles. The van der Waals surface area contributed by atoms with Crippen LogP contribution in [0, 0.1) is 5.82 Å². The highest BCUT2D eigenvalue weighted by Gasteiger charge is 2.26. The zero-order valence-electron chi connectivity index (χ0n) is 8.69. The number of nitrogen functional groups attached to an aromatic ring is 1. The molecule has 1 fully saturated rings. The lowest BCUT2D eigenvalue weighted by Crippen LogP contribution is -2.37. The van der Waals surface area contributed by atoms with Crippen molar-refractivity contribution in [3.05, 3.63) is 24.0 Å². The Morgan fingerprint density at radius 1 is 1.25 bits per heavy atom. The standard InChI is InChI=1S/C10H13FN2O2S/c11-8-5-9(12)7-10(6-8)13-3-1-2-4-16(13,14)15/h5-7H,1-4,12H2. The molecular weight excluding hydrogens is 231 g/mol. The Morgan fingerprint density at radius 2 is 2.00 bits per heavy atom. The molecule has 1 aliphatic rings. The molecule has 2 N–H and O–H groups in total. The summed E-state index contributed by atoms with van der Waals surface area (Å²) in [6.45, 7) is 0.394. The Kier molecular flexibility index (Phi) is 2.75. The van der Waals surface area contributed by atoms with E-state index >= 15 is 0 Å². The molecule has 0 spiro atoms. The molecule has 2 rings (SSSR count). The van der Waals surface area contributed by atoms with E-state index in [-0.39, 0.29) is 11.4 Å². The Balaban J connectivity index is 2.43. The highest BCUT2D eigenvalue weighted by molar-refractivity contribution is 7.92. The summed E-state index contributed by atoms with van der Waals surface area (Å²) < 4.78 is 37.9. The third kappa shape index (κ3) is 2.11. The van der Waals surface area contributed by atoms with Crippen molar-refractivity contribution in [1.82, 2.24) is 0 Å². The lowest BCUT2D eigenvalue weighted by molar-refractivity contribution is 0.574. The molecule has 1 aromatic rings. The third-order valence-corrected chi connectivity index (χ3v) is 4.41. The van der Waals surface area contributed by atoms with Gasteiger partial charge in [-0.25, -0.2) is 12.8 Å². The van der Waals surface area contributed by atoms with Crippen LogP contribution in [0.1, 0.15) is 12.8 Å². The van der Waals surface area contributed by atoms with Gasteiger partial charge in [0.2, 0.25) is 10.0 Å². The van der Waals surface area contributed by atoms with Gasteiger partial charge in [-0.3, -0.25) is 4.31 Å². The van der Waals surface area contributed by atoms with Crippen LogP contribution in [0.2, 0.25) is 0 Å². The van der Waals surface area contributed by atoms with E-state index in [2.05, 4.69) is 0 Å². The quantitative estimate of drug-likeness (QED) is 0.758. The maximum absolute atomic E-state index is 13.1. The first kappa shape index (κ1) is 11.2. The summed E-state index contributed by atoms with van der Waals surface area (Å²) in [5.41, 5.74) is 6.04. The second-order valence-electron chi connectivity index (χ2n) is 3.84. The van der Waals surface area contributed by atoms with E-state index in [9.17, 15) is 12.8 Å². The minimum absolute atomic E-state index is 0.115. The van der Waals surface area contributed by atoms with E-state index in [0.717, 1.165) is 6.42 Å². The van der Waals surface area contributed by atoms with Gasteiger partial charge in [0.25, 0.3) is 0 Å². The third-order valence-electron chi connectivity index (χ3n) is 2.54. The van der Waals surface area contributed by atoms with Gasteiger partial charge in [-0.05, 0) is 31.0 Å². The summed E-state index contributed by atoms with van der Waals surface area (Å²) >= 11 is 0. The number of sulfonamides is 1. The molecule has 0 bridgehead atoms. The number of anilines is 2. The van der Waals surface area contributed by atoms with Gasteiger partial charge in [0.05, 0.1) is 11.4 Å². The van der Waals surface area contributed by atoms with E-state index in [1.165, 1.54) is 22.5 Å². The summed E-state index contributed by atoms with van der Waals surface area (Å²) in [6.07, 6.45) is 1.44. The van der Waals surface area contributed by atoms with Crippen LogP contribution in [0.4, 0.5) is 15.8 Å². The minimum Gasteiger partial charge on any atom is -0.399 e. The first-order valence-electron chi connectivity index (χ1n) is 5.05. The van der Waals surface area contributed by atoms with E-state index in [0.29, 0.717) is 18.7 Å². The molecular formula is C10H13FN2O2S. The van der Waals surface area contributed by atoms with Crippen LogP contribution in [0.5, 0.6) is 0 Å². The molecule has 1 aromatic carbocycles. The number of rotatable bonds is 1. The Bertz CT molecular complexity index is 481. The van der Waals surface area contributed by atoms with Crippen molar-refractivity contribution in [1.29, 1.82) is 0 Å². The summed E-state index contributed by atoms with van der Waals surface area (Å²) in [6, 6.07) is 3.84. The number of nitrogens with two attached hydrogens (primary N) is 1. The fourth-order valence-electron chi connectivity index (χ4n) is 1.82. The lowest BCUT2D eigenvalue weighted by Gasteiger charge is -2.28. The molecule has 1 saturated heterocycles. The maximum atomic E-state index is 13.1. The van der Waals surface area contributed by atoms with Gasteiger partial charge in [-0.2, -0.15) is 0 Å². The topological polar surface area (TPSA) is 63.4 Å². The van der Waals surface area contributed by atoms with E-state index in [1.807, 2.05) is 0 Å². The number of nitrogens with zero attached hydrogens (tertiary/aromatic N) is 1. The average molecular weight is 244 g/mol. The van der Waals surface area contributed by atoms with Crippen molar-refractivity contribution in [2.45, 2.75) is 12.8 Å². The first-order chi connectivity index (χ1) is 7.49. The molecule has 0 unspecified atom stereocenters. The number of hydrogen-bond donors (Lipinski definition) is 1. The van der Waals surface area contributed by atoms with Crippen molar-refractivity contribution in [3.63, 3.8) is 0 Å². The van der Waals surface area contributed by atoms with E-state index in [4.69, 9.17) is 5.73 Å². The zero-order valence-corrected chi connectivity index (χ0v) is 9.50. The Labute approximate surface area is 93.9 Å². The SMILES string of the molecule is Nc1cc(F)cc(N2CCCCS2(=O)=O)c1. The lowest BCUT2D eigenvalue weighted by atomic mass is 10.2. The molecule has 16 heavy (non-hydrogen) atoms. The van der Waals surface area contributed by atoms with Crippen LogP contribution in [-0.2, 0) is 10.0 Å². The Hall–Kier alpha value is -1.30. The molecule has 0 aliphatic carbocycles. The van der Waals surface area contributed by atoms with Crippen LogP contribution in [0.15, 0.2) is 18.2 Å². The number of halogens is 1. The van der Waals surface area contributed by atoms with Gasteiger partial charge >= 0.3 is 0 Å². The summed E-state index contributed by atoms with van der Waals surface area (Å²) in [7, 11) is -3.30. The fraction of sp³-hybridized carbons (Fsp3) is 0.400. The normalized spacial score (nSPS) is 19.7. The van der Waals surface area contributed by atoms with Crippen LogP contribution in [0.3, 0.4) is 0 Å². The second kappa shape index (κ2) is 3.93. The van der Waals surface area contributed by atoms with Crippen molar-refractivity contribution < 1.29 is 12.8 Å². The van der Waals surface area contributed by atoms with Gasteiger partial charge in [-0.1, -0.05) is 0 Å². The smallest absolute Gasteiger partial charge is 0.235 e. The largest absolute Gasteiger partial charge is 0.399 e. The molecule has 0 atom stereocenters. The maximum Gasteiger partial charge on any atom is 0.235 e. The van der Waals surface area contributed by atoms with Gasteiger partial charge in [0.1, 0.15) is 5.82 Å². The summed E-state index contributed by atoms with van der Waals surface area (Å²) in [5.74, 6) is -0.403. The van der Waals surface area contributed by atoms with E-state index in [1.54, 1.807) is 0 Å². The highest BCUT2D eigenvalue weighted by Crippen LogP contribution is 2.26. The second-order valence-corrected chi connectivity index (χ2v) is 5.85. The minimum atomic E-state index is -3.30. The molecule has 1 aliphatic heterocycles. The van der Waals surface area contributed by atoms with Gasteiger partial charge in [0.15, 0.2) is 0 Å². The molecule has 0 saturated carbocycles. The van der Waals surface area contributed by atoms with Gasteiger partial charge in [-0.15, -0.1) is 0 Å². The molecule has 4 nitrogen and oxygen atoms in total. The van der Waals surface area contributed by atoms with E-state index < -0.39 is 15.8 Å². The predicted molar refractivity (Wildman–Crippen MR) is 61.2 cm³/mol. The molecule has 6 heteroatoms. The van der Waals surface area contributed by atoms with Crippen LogP contribution < -0.4 is 10.0 Å². The highest BCUT2D eigenvalue weighted by atomic mass is 32.2. The predicted octanol–water partition coefficient (Wildman–Crippen LogP) is 1.34. The summed E-state index contributed by atoms with van der Waals surface area (Å²) in [4.78, 5) is 0. The number of benzene rings is 1. The van der Waals surface area contributed by atoms with Gasteiger partial charge in [0, 0.05) is 12.2 Å². The van der Waals surface area contributed by atoms with Gasteiger partial charge < -0.3 is 5.73 Å². The first-order valence-corrected chi connectivity index (χ1v) is 6.66. The van der Waals surface area contributed by atoms with Crippen LogP contribution in [-0.4, -0.2) is 20.7 Å². The van der Waals surface area contributed by atoms with Crippen LogP contribution >= 0.6 is 0 Å². The monoisotopic (exact) mass is 244 g/mol. The van der Waals surface area contributed by atoms with Crippen molar-refractivity contribution >= 4 is 21.4 Å². The number of hydrogen-bond acceptors (Lipinski definition) is 3. The zero-order chi connectivity index (χ0) is 11.8. The molecule has 0 radical (unpaired) electrons. The molecule has 1 heterocycles. The summed E-state index contributed by atoms with van der Waals surface area (Å²) in [5, 5.41) is 0. The van der Waals surface area contributed by atoms with Crippen molar-refractivity contribution in [3.8, 4) is 0 Å². The molecule has 88 valence electrons. The molecule has 0 amide bonds. The fourth-order valence-corrected chi connectivity index (χ4v) is 3.44. The average Bonchev–Trinajstić information content (AvgIpc) is 2.15. The Morgan fingerprint density at radius 3 is 2.62 bits per heavy atom. The van der Waals surface area contributed by atoms with Crippen molar-refractivity contribution in [2.75, 3.05) is 22.3 Å².